The predicted molar refractivity (Wildman–Crippen MR) is 76.6 cm³/mol. The van der Waals surface area contributed by atoms with E-state index in [1.807, 2.05) is 5.38 Å². The second-order valence-corrected chi connectivity index (χ2v) is 5.73. The summed E-state index contributed by atoms with van der Waals surface area (Å²) in [5.74, 6) is -0.248. The Morgan fingerprint density at radius 2 is 2.32 bits per heavy atom. The van der Waals surface area contributed by atoms with Gasteiger partial charge in [0.1, 0.15) is 0 Å². The van der Waals surface area contributed by atoms with Crippen LogP contribution < -0.4 is 5.32 Å². The van der Waals surface area contributed by atoms with Crippen LogP contribution in [0.15, 0.2) is 5.38 Å². The molecule has 0 radical (unpaired) electrons. The standard InChI is InChI=1S/C13H21N3O2S/c1-10(16-5-3-4-6-16)8-14-13-15-11(9-19-13)7-12(17)18-2/h9-10H,3-8H2,1-2H3,(H,14,15). The number of thiazole rings is 1. The minimum absolute atomic E-state index is 0.246. The average Bonchev–Trinajstić information content (AvgIpc) is 3.07. The molecule has 0 saturated carbocycles. The molecule has 106 valence electrons. The summed E-state index contributed by atoms with van der Waals surface area (Å²) in [7, 11) is 1.39. The van der Waals surface area contributed by atoms with Crippen LogP contribution in [0, 0.1) is 0 Å². The van der Waals surface area contributed by atoms with Crippen molar-refractivity contribution in [2.75, 3.05) is 32.1 Å². The summed E-state index contributed by atoms with van der Waals surface area (Å²) in [4.78, 5) is 18.0. The van der Waals surface area contributed by atoms with Gasteiger partial charge in [0.15, 0.2) is 5.13 Å². The van der Waals surface area contributed by atoms with Gasteiger partial charge in [-0.3, -0.25) is 9.69 Å². The van der Waals surface area contributed by atoms with Gasteiger partial charge in [-0.15, -0.1) is 11.3 Å². The van der Waals surface area contributed by atoms with Gasteiger partial charge in [-0.1, -0.05) is 0 Å². The van der Waals surface area contributed by atoms with E-state index in [9.17, 15) is 4.79 Å². The van der Waals surface area contributed by atoms with E-state index in [2.05, 4.69) is 26.9 Å². The van der Waals surface area contributed by atoms with E-state index in [0.717, 1.165) is 17.4 Å². The third kappa shape index (κ3) is 4.18. The van der Waals surface area contributed by atoms with Crippen LogP contribution in [0.25, 0.3) is 0 Å². The molecule has 19 heavy (non-hydrogen) atoms. The number of hydrogen-bond donors (Lipinski definition) is 1. The van der Waals surface area contributed by atoms with Crippen LogP contribution in [-0.2, 0) is 16.0 Å². The number of likely N-dealkylation sites (tertiary alicyclic amines) is 1. The Morgan fingerprint density at radius 1 is 1.58 bits per heavy atom. The first-order chi connectivity index (χ1) is 9.19. The summed E-state index contributed by atoms with van der Waals surface area (Å²) in [6.45, 7) is 5.54. The van der Waals surface area contributed by atoms with E-state index < -0.39 is 0 Å². The number of anilines is 1. The van der Waals surface area contributed by atoms with Gasteiger partial charge in [0.2, 0.25) is 0 Å². The number of ether oxygens (including phenoxy) is 1. The molecule has 1 aliphatic rings. The first kappa shape index (κ1) is 14.3. The van der Waals surface area contributed by atoms with Gasteiger partial charge in [-0.25, -0.2) is 4.98 Å². The van der Waals surface area contributed by atoms with E-state index in [-0.39, 0.29) is 12.4 Å². The van der Waals surface area contributed by atoms with Crippen LogP contribution >= 0.6 is 11.3 Å². The maximum absolute atomic E-state index is 11.1. The van der Waals surface area contributed by atoms with Crippen LogP contribution in [0.3, 0.4) is 0 Å². The minimum Gasteiger partial charge on any atom is -0.469 e. The first-order valence-corrected chi connectivity index (χ1v) is 7.56. The normalized spacial score (nSPS) is 17.4. The summed E-state index contributed by atoms with van der Waals surface area (Å²) in [6.07, 6.45) is 2.87. The number of esters is 1. The summed E-state index contributed by atoms with van der Waals surface area (Å²) in [5.41, 5.74) is 0.771. The topological polar surface area (TPSA) is 54.5 Å². The zero-order valence-electron chi connectivity index (χ0n) is 11.5. The number of rotatable bonds is 6. The molecule has 0 bridgehead atoms. The largest absolute Gasteiger partial charge is 0.469 e. The third-order valence-electron chi connectivity index (χ3n) is 3.42. The Balaban J connectivity index is 1.77. The van der Waals surface area contributed by atoms with Crippen molar-refractivity contribution in [2.24, 2.45) is 0 Å². The SMILES string of the molecule is COC(=O)Cc1csc(NCC(C)N2CCCC2)n1. The minimum atomic E-state index is -0.248. The second kappa shape index (κ2) is 6.86. The quantitative estimate of drug-likeness (QED) is 0.806. The lowest BCUT2D eigenvalue weighted by molar-refractivity contribution is -0.139. The van der Waals surface area contributed by atoms with E-state index in [1.54, 1.807) is 0 Å². The Bertz CT molecular complexity index is 416. The van der Waals surface area contributed by atoms with Crippen molar-refractivity contribution in [2.45, 2.75) is 32.2 Å². The lowest BCUT2D eigenvalue weighted by Gasteiger charge is -2.23. The summed E-state index contributed by atoms with van der Waals surface area (Å²) < 4.78 is 4.63. The van der Waals surface area contributed by atoms with Gasteiger partial charge in [-0.2, -0.15) is 0 Å². The lowest BCUT2D eigenvalue weighted by atomic mass is 10.3. The van der Waals surface area contributed by atoms with Gasteiger partial charge >= 0.3 is 5.97 Å². The fourth-order valence-electron chi connectivity index (χ4n) is 2.24. The fourth-order valence-corrected chi connectivity index (χ4v) is 2.96. The van der Waals surface area contributed by atoms with Crippen molar-refractivity contribution >= 4 is 22.4 Å². The van der Waals surface area contributed by atoms with Gasteiger partial charge in [0, 0.05) is 18.0 Å². The van der Waals surface area contributed by atoms with Crippen molar-refractivity contribution < 1.29 is 9.53 Å². The fraction of sp³-hybridized carbons (Fsp3) is 0.692. The van der Waals surface area contributed by atoms with Gasteiger partial charge in [-0.05, 0) is 32.9 Å². The smallest absolute Gasteiger partial charge is 0.311 e. The van der Waals surface area contributed by atoms with Crippen molar-refractivity contribution in [3.8, 4) is 0 Å². The second-order valence-electron chi connectivity index (χ2n) is 4.87. The number of carbonyl (C=O) groups excluding carboxylic acids is 1. The molecule has 1 aliphatic heterocycles. The maximum atomic E-state index is 11.1. The number of nitrogens with one attached hydrogen (secondary N) is 1. The molecule has 0 spiro atoms. The highest BCUT2D eigenvalue weighted by Gasteiger charge is 2.18. The predicted octanol–water partition coefficient (Wildman–Crippen LogP) is 1.75. The Kier molecular flexibility index (Phi) is 5.15. The van der Waals surface area contributed by atoms with E-state index in [1.165, 1.54) is 44.4 Å². The van der Waals surface area contributed by atoms with E-state index >= 15 is 0 Å². The summed E-state index contributed by atoms with van der Waals surface area (Å²) in [5, 5.41) is 6.13. The Morgan fingerprint density at radius 3 is 3.00 bits per heavy atom. The number of aromatic nitrogens is 1. The number of carbonyl (C=O) groups is 1. The van der Waals surface area contributed by atoms with Gasteiger partial charge < -0.3 is 10.1 Å². The zero-order valence-corrected chi connectivity index (χ0v) is 12.3. The molecule has 0 amide bonds. The van der Waals surface area contributed by atoms with E-state index in [4.69, 9.17) is 0 Å². The molecule has 5 nitrogen and oxygen atoms in total. The van der Waals surface area contributed by atoms with Crippen LogP contribution in [0.1, 0.15) is 25.5 Å². The molecule has 1 fully saturated rings. The van der Waals surface area contributed by atoms with Gasteiger partial charge in [0.05, 0.1) is 19.2 Å². The zero-order chi connectivity index (χ0) is 13.7. The van der Waals surface area contributed by atoms with Crippen LogP contribution in [0.5, 0.6) is 0 Å². The molecule has 1 aromatic rings. The molecule has 1 unspecified atom stereocenters. The molecule has 1 aromatic heterocycles. The van der Waals surface area contributed by atoms with Crippen molar-refractivity contribution in [1.29, 1.82) is 0 Å². The van der Waals surface area contributed by atoms with E-state index in [0.29, 0.717) is 6.04 Å². The average molecular weight is 283 g/mol. The molecular formula is C13H21N3O2S. The Labute approximate surface area is 118 Å². The molecule has 1 N–H and O–H groups in total. The van der Waals surface area contributed by atoms with Gasteiger partial charge in [0.25, 0.3) is 0 Å². The van der Waals surface area contributed by atoms with Crippen molar-refractivity contribution in [1.82, 2.24) is 9.88 Å². The monoisotopic (exact) mass is 283 g/mol. The summed E-state index contributed by atoms with van der Waals surface area (Å²) >= 11 is 1.54. The van der Waals surface area contributed by atoms with Crippen LogP contribution in [0.2, 0.25) is 0 Å². The van der Waals surface area contributed by atoms with Crippen LogP contribution in [-0.4, -0.2) is 48.6 Å². The molecule has 2 rings (SSSR count). The lowest BCUT2D eigenvalue weighted by Crippen LogP contribution is -2.35. The summed E-state index contributed by atoms with van der Waals surface area (Å²) in [6, 6.07) is 0.524. The number of hydrogen-bond acceptors (Lipinski definition) is 6. The molecule has 1 saturated heterocycles. The molecule has 0 aliphatic carbocycles. The molecule has 2 heterocycles. The third-order valence-corrected chi connectivity index (χ3v) is 4.27. The number of nitrogens with zero attached hydrogens (tertiary/aromatic N) is 2. The number of methoxy groups -OCH3 is 1. The molecule has 0 aromatic carbocycles. The van der Waals surface area contributed by atoms with Crippen molar-refractivity contribution in [3.63, 3.8) is 0 Å². The highest BCUT2D eigenvalue weighted by atomic mass is 32.1. The van der Waals surface area contributed by atoms with Crippen molar-refractivity contribution in [3.05, 3.63) is 11.1 Å². The highest BCUT2D eigenvalue weighted by Crippen LogP contribution is 2.17. The Hall–Kier alpha value is -1.14. The molecule has 6 heteroatoms. The molecular weight excluding hydrogens is 262 g/mol. The first-order valence-electron chi connectivity index (χ1n) is 6.68. The highest BCUT2D eigenvalue weighted by molar-refractivity contribution is 7.13. The maximum Gasteiger partial charge on any atom is 0.311 e. The van der Waals surface area contributed by atoms with Crippen LogP contribution in [0.4, 0.5) is 5.13 Å². The molecule has 1 atom stereocenters.